The van der Waals surface area contributed by atoms with Crippen molar-refractivity contribution in [3.63, 3.8) is 0 Å². The quantitative estimate of drug-likeness (QED) is 0.912. The highest BCUT2D eigenvalue weighted by atomic mass is 79.9. The van der Waals surface area contributed by atoms with Crippen LogP contribution in [0.5, 0.6) is 0 Å². The smallest absolute Gasteiger partial charge is 0.165 e. The van der Waals surface area contributed by atoms with Crippen molar-refractivity contribution in [1.29, 1.82) is 0 Å². The molecule has 5 nitrogen and oxygen atoms in total. The van der Waals surface area contributed by atoms with Gasteiger partial charge in [0.2, 0.25) is 0 Å². The van der Waals surface area contributed by atoms with Crippen molar-refractivity contribution < 1.29 is 0 Å². The predicted molar refractivity (Wildman–Crippen MR) is 66.3 cm³/mol. The van der Waals surface area contributed by atoms with E-state index in [1.54, 1.807) is 11.3 Å². The summed E-state index contributed by atoms with van der Waals surface area (Å²) in [5.74, 6) is 0.863. The molecule has 0 atom stereocenters. The Morgan fingerprint density at radius 1 is 1.56 bits per heavy atom. The number of tetrazole rings is 1. The summed E-state index contributed by atoms with van der Waals surface area (Å²) in [7, 11) is 0. The fraction of sp³-hybridized carbons (Fsp3) is 0.444. The standard InChI is InChI=1S/C9H12BrN5S/c1-2-11-5-9-12-13-14-15(9)6-8-7(10)3-4-16-8/h3-4,11H,2,5-6H2,1H3. The normalized spacial score (nSPS) is 10.9. The van der Waals surface area contributed by atoms with Crippen molar-refractivity contribution in [2.24, 2.45) is 0 Å². The van der Waals surface area contributed by atoms with Crippen molar-refractivity contribution in [3.8, 4) is 0 Å². The summed E-state index contributed by atoms with van der Waals surface area (Å²) in [5.41, 5.74) is 0. The lowest BCUT2D eigenvalue weighted by Crippen LogP contribution is -2.17. The second-order valence-electron chi connectivity index (χ2n) is 3.22. The highest BCUT2D eigenvalue weighted by Crippen LogP contribution is 2.23. The van der Waals surface area contributed by atoms with Crippen molar-refractivity contribution in [3.05, 3.63) is 26.6 Å². The van der Waals surface area contributed by atoms with E-state index in [4.69, 9.17) is 0 Å². The molecule has 0 amide bonds. The van der Waals surface area contributed by atoms with Crippen molar-refractivity contribution >= 4 is 27.3 Å². The predicted octanol–water partition coefficient (Wildman–Crippen LogP) is 1.65. The largest absolute Gasteiger partial charge is 0.310 e. The maximum Gasteiger partial charge on any atom is 0.165 e. The van der Waals surface area contributed by atoms with E-state index in [2.05, 4.69) is 43.7 Å². The molecule has 0 fully saturated rings. The molecule has 0 aliphatic carbocycles. The number of rotatable bonds is 5. The minimum atomic E-state index is 0.701. The molecule has 2 aromatic rings. The molecular formula is C9H12BrN5S. The fourth-order valence-electron chi connectivity index (χ4n) is 1.28. The number of hydrogen-bond donors (Lipinski definition) is 1. The van der Waals surface area contributed by atoms with Crippen LogP contribution in [-0.2, 0) is 13.1 Å². The van der Waals surface area contributed by atoms with Crippen LogP contribution in [0.1, 0.15) is 17.6 Å². The van der Waals surface area contributed by atoms with E-state index in [9.17, 15) is 0 Å². The molecule has 0 radical (unpaired) electrons. The van der Waals surface area contributed by atoms with E-state index in [-0.39, 0.29) is 0 Å². The zero-order valence-electron chi connectivity index (χ0n) is 8.85. The number of aromatic nitrogens is 4. The molecule has 0 bridgehead atoms. The second kappa shape index (κ2) is 5.51. The average Bonchev–Trinajstić information content (AvgIpc) is 2.87. The van der Waals surface area contributed by atoms with Crippen LogP contribution < -0.4 is 5.32 Å². The minimum Gasteiger partial charge on any atom is -0.310 e. The third kappa shape index (κ3) is 2.66. The number of nitrogens with one attached hydrogen (secondary N) is 1. The van der Waals surface area contributed by atoms with Gasteiger partial charge in [-0.05, 0) is 44.3 Å². The first kappa shape index (κ1) is 11.7. The van der Waals surface area contributed by atoms with Gasteiger partial charge < -0.3 is 5.32 Å². The maximum absolute atomic E-state index is 3.99. The van der Waals surface area contributed by atoms with Gasteiger partial charge in [0.15, 0.2) is 5.82 Å². The van der Waals surface area contributed by atoms with Gasteiger partial charge >= 0.3 is 0 Å². The van der Waals surface area contributed by atoms with Crippen LogP contribution >= 0.6 is 27.3 Å². The Labute approximate surface area is 106 Å². The van der Waals surface area contributed by atoms with Crippen molar-refractivity contribution in [2.75, 3.05) is 6.54 Å². The zero-order chi connectivity index (χ0) is 11.4. The third-order valence-electron chi connectivity index (χ3n) is 2.12. The number of thiophene rings is 1. The van der Waals surface area contributed by atoms with Crippen LogP contribution in [0.3, 0.4) is 0 Å². The Balaban J connectivity index is 2.09. The number of halogens is 1. The summed E-state index contributed by atoms with van der Waals surface area (Å²) in [6.07, 6.45) is 0. The molecule has 7 heteroatoms. The maximum atomic E-state index is 3.99. The van der Waals surface area contributed by atoms with Gasteiger partial charge in [0.25, 0.3) is 0 Å². The fourth-order valence-corrected chi connectivity index (χ4v) is 2.74. The molecule has 0 saturated heterocycles. The van der Waals surface area contributed by atoms with Gasteiger partial charge in [-0.2, -0.15) is 0 Å². The van der Waals surface area contributed by atoms with Crippen molar-refractivity contribution in [1.82, 2.24) is 25.5 Å². The molecule has 0 aliphatic rings. The first-order valence-corrected chi connectivity index (χ1v) is 6.66. The van der Waals surface area contributed by atoms with Gasteiger partial charge in [-0.3, -0.25) is 0 Å². The lowest BCUT2D eigenvalue weighted by atomic mass is 10.4. The molecule has 0 aliphatic heterocycles. The number of hydrogen-bond acceptors (Lipinski definition) is 5. The first-order chi connectivity index (χ1) is 7.81. The van der Waals surface area contributed by atoms with Crippen LogP contribution in [0, 0.1) is 0 Å². The van der Waals surface area contributed by atoms with E-state index in [1.165, 1.54) is 4.88 Å². The molecule has 2 rings (SSSR count). The summed E-state index contributed by atoms with van der Waals surface area (Å²) in [6.45, 7) is 4.39. The monoisotopic (exact) mass is 301 g/mol. The van der Waals surface area contributed by atoms with E-state index in [1.807, 2.05) is 16.1 Å². The highest BCUT2D eigenvalue weighted by Gasteiger charge is 2.08. The SMILES string of the molecule is CCNCc1nnnn1Cc1sccc1Br. The zero-order valence-corrected chi connectivity index (χ0v) is 11.3. The molecule has 16 heavy (non-hydrogen) atoms. The van der Waals surface area contributed by atoms with Crippen LogP contribution in [-0.4, -0.2) is 26.8 Å². The Hall–Kier alpha value is -0.790. The van der Waals surface area contributed by atoms with E-state index in [0.717, 1.165) is 16.8 Å². The minimum absolute atomic E-state index is 0.701. The Morgan fingerprint density at radius 2 is 2.44 bits per heavy atom. The molecule has 0 saturated carbocycles. The molecule has 86 valence electrons. The van der Waals surface area contributed by atoms with Crippen molar-refractivity contribution in [2.45, 2.75) is 20.0 Å². The summed E-state index contributed by atoms with van der Waals surface area (Å²) >= 11 is 5.20. The average molecular weight is 302 g/mol. The first-order valence-electron chi connectivity index (χ1n) is 4.99. The van der Waals surface area contributed by atoms with Gasteiger partial charge in [-0.25, -0.2) is 4.68 Å². The van der Waals surface area contributed by atoms with Crippen LogP contribution in [0.4, 0.5) is 0 Å². The second-order valence-corrected chi connectivity index (χ2v) is 5.08. The van der Waals surface area contributed by atoms with Gasteiger partial charge in [-0.1, -0.05) is 6.92 Å². The van der Waals surface area contributed by atoms with Crippen LogP contribution in [0.2, 0.25) is 0 Å². The van der Waals surface area contributed by atoms with E-state index in [0.29, 0.717) is 13.1 Å². The Morgan fingerprint density at radius 3 is 3.12 bits per heavy atom. The molecule has 0 unspecified atom stereocenters. The lowest BCUT2D eigenvalue weighted by molar-refractivity contribution is 0.591. The van der Waals surface area contributed by atoms with Gasteiger partial charge in [0.1, 0.15) is 0 Å². The van der Waals surface area contributed by atoms with Gasteiger partial charge in [-0.15, -0.1) is 16.4 Å². The van der Waals surface area contributed by atoms with E-state index < -0.39 is 0 Å². The molecular weight excluding hydrogens is 290 g/mol. The highest BCUT2D eigenvalue weighted by molar-refractivity contribution is 9.10. The summed E-state index contributed by atoms with van der Waals surface area (Å²) < 4.78 is 2.93. The topological polar surface area (TPSA) is 55.6 Å². The summed E-state index contributed by atoms with van der Waals surface area (Å²) in [5, 5.41) is 16.9. The molecule has 2 aromatic heterocycles. The third-order valence-corrected chi connectivity index (χ3v) is 4.03. The molecule has 1 N–H and O–H groups in total. The van der Waals surface area contributed by atoms with Gasteiger partial charge in [0, 0.05) is 9.35 Å². The molecule has 2 heterocycles. The summed E-state index contributed by atoms with van der Waals surface area (Å²) in [6, 6.07) is 2.04. The summed E-state index contributed by atoms with van der Waals surface area (Å²) in [4.78, 5) is 1.23. The number of nitrogens with zero attached hydrogens (tertiary/aromatic N) is 4. The molecule has 0 aromatic carbocycles. The van der Waals surface area contributed by atoms with E-state index >= 15 is 0 Å². The van der Waals surface area contributed by atoms with Gasteiger partial charge in [0.05, 0.1) is 13.1 Å². The van der Waals surface area contributed by atoms with Crippen LogP contribution in [0.25, 0.3) is 0 Å². The Bertz CT molecular complexity index is 452. The lowest BCUT2D eigenvalue weighted by Gasteiger charge is -2.03. The van der Waals surface area contributed by atoms with Crippen LogP contribution in [0.15, 0.2) is 15.9 Å². The Kier molecular flexibility index (Phi) is 4.03. The molecule has 0 spiro atoms.